The fourth-order valence-corrected chi connectivity index (χ4v) is 4.37. The molecule has 122 valence electrons. The van der Waals surface area contributed by atoms with Crippen LogP contribution in [0, 0.1) is 0 Å². The third-order valence-corrected chi connectivity index (χ3v) is 6.44. The molecule has 0 N–H and O–H groups in total. The van der Waals surface area contributed by atoms with Gasteiger partial charge in [-0.05, 0) is 6.04 Å². The summed E-state index contributed by atoms with van der Waals surface area (Å²) in [4.78, 5) is 0. The van der Waals surface area contributed by atoms with Gasteiger partial charge in [-0.2, -0.15) is 0 Å². The highest BCUT2D eigenvalue weighted by Crippen LogP contribution is 2.27. The van der Waals surface area contributed by atoms with Gasteiger partial charge in [0.1, 0.15) is 0 Å². The zero-order chi connectivity index (χ0) is 15.1. The summed E-state index contributed by atoms with van der Waals surface area (Å²) in [6.07, 6.45) is 19.2. The van der Waals surface area contributed by atoms with Crippen LogP contribution in [0.5, 0.6) is 0 Å². The van der Waals surface area contributed by atoms with Crippen LogP contribution in [0.4, 0.5) is 0 Å². The number of rotatable bonds is 15. The Labute approximate surface area is 142 Å². The van der Waals surface area contributed by atoms with Crippen molar-refractivity contribution in [3.8, 4) is 0 Å². The van der Waals surface area contributed by atoms with Crippen molar-refractivity contribution in [3.05, 3.63) is 0 Å². The van der Waals surface area contributed by atoms with Crippen LogP contribution >= 0.6 is 33.2 Å². The van der Waals surface area contributed by atoms with Gasteiger partial charge in [0.05, 0.1) is 0 Å². The van der Waals surface area contributed by atoms with Gasteiger partial charge in [0.2, 0.25) is 0 Å². The number of halogens is 3. The normalized spacial score (nSPS) is 12.0. The quantitative estimate of drug-likeness (QED) is 0.157. The molecule has 0 aromatic carbocycles. The van der Waals surface area contributed by atoms with E-state index < -0.39 is 6.00 Å². The van der Waals surface area contributed by atoms with Crippen molar-refractivity contribution >= 4 is 39.2 Å². The molecule has 0 aromatic rings. The number of unbranched alkanes of at least 4 members (excludes halogenated alkanes) is 13. The number of hydrogen-bond donors (Lipinski definition) is 0. The highest BCUT2D eigenvalue weighted by atomic mass is 35.8. The fraction of sp³-hybridized carbons (Fsp3) is 1.00. The molecule has 0 aliphatic rings. The van der Waals surface area contributed by atoms with Crippen LogP contribution < -0.4 is 0 Å². The maximum absolute atomic E-state index is 5.85. The van der Waals surface area contributed by atoms with Crippen LogP contribution in [-0.2, 0) is 0 Å². The SMILES string of the molecule is CCCCCCCCCCCCCCCC[Si](Cl)(Cl)Cl. The van der Waals surface area contributed by atoms with Gasteiger partial charge in [0, 0.05) is 0 Å². The van der Waals surface area contributed by atoms with E-state index in [1.165, 1.54) is 83.5 Å². The molecular weight excluding hydrogens is 327 g/mol. The Kier molecular flexibility index (Phi) is 15.8. The molecule has 0 fully saturated rings. The first-order valence-corrected chi connectivity index (χ1v) is 13.9. The van der Waals surface area contributed by atoms with Gasteiger partial charge in [0.15, 0.2) is 0 Å². The first kappa shape index (κ1) is 21.1. The minimum atomic E-state index is -2.34. The summed E-state index contributed by atoms with van der Waals surface area (Å²) in [6, 6.07) is -1.51. The average molecular weight is 360 g/mol. The summed E-state index contributed by atoms with van der Waals surface area (Å²) in [5.74, 6) is 0. The van der Waals surface area contributed by atoms with E-state index in [1.807, 2.05) is 0 Å². The Morgan fingerprint density at radius 1 is 0.500 bits per heavy atom. The lowest BCUT2D eigenvalue weighted by Gasteiger charge is -2.06. The molecule has 0 aromatic heterocycles. The summed E-state index contributed by atoms with van der Waals surface area (Å²) >= 11 is 17.6. The van der Waals surface area contributed by atoms with Crippen LogP contribution in [0.2, 0.25) is 6.04 Å². The van der Waals surface area contributed by atoms with E-state index >= 15 is 0 Å². The molecule has 0 aliphatic carbocycles. The molecule has 0 amide bonds. The third-order valence-electron chi connectivity index (χ3n) is 3.81. The van der Waals surface area contributed by atoms with Crippen molar-refractivity contribution in [2.75, 3.05) is 0 Å². The van der Waals surface area contributed by atoms with Crippen molar-refractivity contribution in [2.24, 2.45) is 0 Å². The highest BCUT2D eigenvalue weighted by Gasteiger charge is 2.23. The molecule has 0 saturated heterocycles. The predicted molar refractivity (Wildman–Crippen MR) is 98.4 cm³/mol. The fourth-order valence-electron chi connectivity index (χ4n) is 2.52. The van der Waals surface area contributed by atoms with Crippen LogP contribution in [0.15, 0.2) is 0 Å². The molecule has 0 spiro atoms. The van der Waals surface area contributed by atoms with E-state index in [9.17, 15) is 0 Å². The third kappa shape index (κ3) is 19.1. The molecule has 0 heterocycles. The topological polar surface area (TPSA) is 0 Å². The van der Waals surface area contributed by atoms with E-state index in [2.05, 4.69) is 6.92 Å². The molecule has 0 saturated carbocycles. The minimum Gasteiger partial charge on any atom is -0.126 e. The van der Waals surface area contributed by atoms with Crippen molar-refractivity contribution in [3.63, 3.8) is 0 Å². The van der Waals surface area contributed by atoms with Crippen LogP contribution in [0.3, 0.4) is 0 Å². The van der Waals surface area contributed by atoms with Gasteiger partial charge in [-0.25, -0.2) is 0 Å². The van der Waals surface area contributed by atoms with E-state index in [4.69, 9.17) is 33.2 Å². The lowest BCUT2D eigenvalue weighted by Crippen LogP contribution is -2.07. The molecular formula is C16H33Cl3Si. The van der Waals surface area contributed by atoms with Gasteiger partial charge in [-0.15, -0.1) is 33.2 Å². The van der Waals surface area contributed by atoms with E-state index in [0.717, 1.165) is 12.5 Å². The largest absolute Gasteiger partial charge is 0.341 e. The summed E-state index contributed by atoms with van der Waals surface area (Å²) in [5.41, 5.74) is 0. The molecule has 20 heavy (non-hydrogen) atoms. The molecule has 0 aliphatic heterocycles. The summed E-state index contributed by atoms with van der Waals surface area (Å²) in [6.45, 7) is 2.28. The molecule has 0 atom stereocenters. The molecule has 0 unspecified atom stereocenters. The second-order valence-electron chi connectivity index (χ2n) is 5.96. The Hall–Kier alpha value is 1.09. The minimum absolute atomic E-state index is 0.829. The van der Waals surface area contributed by atoms with E-state index in [0.29, 0.717) is 0 Å². The Morgan fingerprint density at radius 3 is 1.10 bits per heavy atom. The predicted octanol–water partition coefficient (Wildman–Crippen LogP) is 8.12. The van der Waals surface area contributed by atoms with Crippen molar-refractivity contribution in [1.82, 2.24) is 0 Å². The summed E-state index contributed by atoms with van der Waals surface area (Å²) < 4.78 is 0. The highest BCUT2D eigenvalue weighted by molar-refractivity contribution is 7.64. The van der Waals surface area contributed by atoms with Gasteiger partial charge in [-0.3, -0.25) is 0 Å². The van der Waals surface area contributed by atoms with Gasteiger partial charge < -0.3 is 0 Å². The Bertz CT molecular complexity index is 193. The Balaban J connectivity index is 2.99. The summed E-state index contributed by atoms with van der Waals surface area (Å²) in [7, 11) is 0. The van der Waals surface area contributed by atoms with E-state index in [-0.39, 0.29) is 0 Å². The smallest absolute Gasteiger partial charge is 0.126 e. The average Bonchev–Trinajstić information content (AvgIpc) is 2.38. The lowest BCUT2D eigenvalue weighted by molar-refractivity contribution is 0.538. The van der Waals surface area contributed by atoms with Crippen molar-refractivity contribution < 1.29 is 0 Å². The van der Waals surface area contributed by atoms with Crippen LogP contribution in [0.1, 0.15) is 96.8 Å². The molecule has 0 rings (SSSR count). The maximum Gasteiger partial charge on any atom is 0.341 e. The lowest BCUT2D eigenvalue weighted by atomic mass is 10.0. The molecule has 0 radical (unpaired) electrons. The van der Waals surface area contributed by atoms with Gasteiger partial charge in [-0.1, -0.05) is 96.8 Å². The molecule has 4 heteroatoms. The van der Waals surface area contributed by atoms with Crippen molar-refractivity contribution in [2.45, 2.75) is 103 Å². The first-order chi connectivity index (χ1) is 9.56. The maximum atomic E-state index is 5.85. The second kappa shape index (κ2) is 15.0. The van der Waals surface area contributed by atoms with Gasteiger partial charge in [0.25, 0.3) is 0 Å². The first-order valence-electron chi connectivity index (χ1n) is 8.63. The molecule has 0 nitrogen and oxygen atoms in total. The zero-order valence-electron chi connectivity index (χ0n) is 13.2. The van der Waals surface area contributed by atoms with Crippen LogP contribution in [0.25, 0.3) is 0 Å². The van der Waals surface area contributed by atoms with Crippen LogP contribution in [-0.4, -0.2) is 6.00 Å². The Morgan fingerprint density at radius 2 is 0.800 bits per heavy atom. The van der Waals surface area contributed by atoms with E-state index in [1.54, 1.807) is 0 Å². The molecule has 0 bridgehead atoms. The van der Waals surface area contributed by atoms with Crippen molar-refractivity contribution in [1.29, 1.82) is 0 Å². The monoisotopic (exact) mass is 358 g/mol. The zero-order valence-corrected chi connectivity index (χ0v) is 16.5. The second-order valence-corrected chi connectivity index (χ2v) is 15.2. The van der Waals surface area contributed by atoms with Gasteiger partial charge >= 0.3 is 6.00 Å². The summed E-state index contributed by atoms with van der Waals surface area (Å²) in [5, 5.41) is 0. The standard InChI is InChI=1S/C16H33Cl3Si/c1-2-3-4-5-6-7-8-9-10-11-12-13-14-15-16-20(17,18)19/h2-16H2,1H3. The number of hydrogen-bond acceptors (Lipinski definition) is 0.